The number of aromatic amines is 1. The maximum Gasteiger partial charge on any atom is 0.223 e. The van der Waals surface area contributed by atoms with Gasteiger partial charge in [0.1, 0.15) is 17.0 Å². The second-order valence-corrected chi connectivity index (χ2v) is 9.78. The Morgan fingerprint density at radius 3 is 2.77 bits per heavy atom. The normalized spacial score (nSPS) is 17.6. The molecular weight excluding hydrogens is 418 g/mol. The molecule has 2 N–H and O–H groups in total. The summed E-state index contributed by atoms with van der Waals surface area (Å²) < 4.78 is 2.69. The van der Waals surface area contributed by atoms with Gasteiger partial charge in [-0.1, -0.05) is 0 Å². The zero-order chi connectivity index (χ0) is 20.8. The molecule has 1 aliphatic heterocycles. The van der Waals surface area contributed by atoms with E-state index in [0.717, 1.165) is 60.6 Å². The van der Waals surface area contributed by atoms with Gasteiger partial charge in [-0.15, -0.1) is 11.3 Å². The molecule has 0 unspecified atom stereocenters. The molecule has 0 radical (unpaired) electrons. The second kappa shape index (κ2) is 7.73. The van der Waals surface area contributed by atoms with Gasteiger partial charge in [0, 0.05) is 29.9 Å². The number of nitrogens with one attached hydrogen (secondary N) is 2. The number of carbonyl (C=O) groups is 1. The third kappa shape index (κ3) is 3.51. The van der Waals surface area contributed by atoms with Crippen molar-refractivity contribution >= 4 is 45.5 Å². The van der Waals surface area contributed by atoms with E-state index in [4.69, 9.17) is 12.2 Å². The Hall–Kier alpha value is -2.33. The summed E-state index contributed by atoms with van der Waals surface area (Å²) in [4.78, 5) is 26.4. The Kier molecular flexibility index (Phi) is 5.06. The molecule has 0 atom stereocenters. The first-order chi connectivity index (χ1) is 14.5. The number of thiophene rings is 1. The Balaban J connectivity index is 1.22. The number of carbonyl (C=O) groups excluding carboxylic acids is 1. The van der Waals surface area contributed by atoms with Crippen LogP contribution in [0.5, 0.6) is 0 Å². The number of aromatic nitrogens is 5. The lowest BCUT2D eigenvalue weighted by Crippen LogP contribution is -2.41. The number of H-pyrrole nitrogens is 1. The van der Waals surface area contributed by atoms with Crippen LogP contribution in [0.25, 0.3) is 10.2 Å². The molecule has 2 aliphatic rings. The molecule has 2 fully saturated rings. The van der Waals surface area contributed by atoms with E-state index >= 15 is 0 Å². The van der Waals surface area contributed by atoms with Crippen LogP contribution >= 0.6 is 23.6 Å². The van der Waals surface area contributed by atoms with Gasteiger partial charge in [0.15, 0.2) is 10.6 Å². The third-order valence-electron chi connectivity index (χ3n) is 6.22. The summed E-state index contributed by atoms with van der Waals surface area (Å²) in [6, 6.07) is 0.445. The predicted molar refractivity (Wildman–Crippen MR) is 119 cm³/mol. The van der Waals surface area contributed by atoms with Crippen molar-refractivity contribution in [1.82, 2.24) is 30.0 Å². The largest absolute Gasteiger partial charge is 0.356 e. The summed E-state index contributed by atoms with van der Waals surface area (Å²) in [6.45, 7) is 6.32. The van der Waals surface area contributed by atoms with Gasteiger partial charge < -0.3 is 10.2 Å². The second-order valence-electron chi connectivity index (χ2n) is 8.19. The fourth-order valence-electron chi connectivity index (χ4n) is 4.24. The van der Waals surface area contributed by atoms with Crippen LogP contribution in [0.15, 0.2) is 6.33 Å². The summed E-state index contributed by atoms with van der Waals surface area (Å²) in [5.41, 5.74) is 1.26. The lowest BCUT2D eigenvalue weighted by atomic mass is 9.95. The molecule has 0 spiro atoms. The van der Waals surface area contributed by atoms with E-state index < -0.39 is 0 Å². The van der Waals surface area contributed by atoms with Gasteiger partial charge in [-0.2, -0.15) is 5.10 Å². The highest BCUT2D eigenvalue weighted by Gasteiger charge is 2.29. The summed E-state index contributed by atoms with van der Waals surface area (Å²) in [5, 5.41) is 11.4. The zero-order valence-corrected chi connectivity index (χ0v) is 18.8. The van der Waals surface area contributed by atoms with E-state index in [1.165, 1.54) is 10.4 Å². The number of amides is 1. The van der Waals surface area contributed by atoms with Crippen molar-refractivity contribution in [1.29, 1.82) is 0 Å². The smallest absolute Gasteiger partial charge is 0.223 e. The minimum absolute atomic E-state index is 0.0141. The average Bonchev–Trinajstić information content (AvgIpc) is 3.46. The summed E-state index contributed by atoms with van der Waals surface area (Å²) in [6.07, 6.45) is 5.54. The number of anilines is 1. The molecule has 0 bridgehead atoms. The zero-order valence-electron chi connectivity index (χ0n) is 17.1. The third-order valence-corrected chi connectivity index (χ3v) is 7.62. The fourth-order valence-corrected chi connectivity index (χ4v) is 5.53. The van der Waals surface area contributed by atoms with Gasteiger partial charge in [-0.25, -0.2) is 9.97 Å². The van der Waals surface area contributed by atoms with E-state index in [-0.39, 0.29) is 11.8 Å². The van der Waals surface area contributed by atoms with Crippen molar-refractivity contribution in [3.63, 3.8) is 0 Å². The van der Waals surface area contributed by atoms with Crippen molar-refractivity contribution in [3.8, 4) is 0 Å². The van der Waals surface area contributed by atoms with Gasteiger partial charge in [0.2, 0.25) is 5.91 Å². The highest BCUT2D eigenvalue weighted by Crippen LogP contribution is 2.36. The topological polar surface area (TPSA) is 91.7 Å². The number of aryl methyl sites for hydroxylation is 2. The predicted octanol–water partition coefficient (Wildman–Crippen LogP) is 3.43. The molecular formula is C20H25N7OS2. The van der Waals surface area contributed by atoms with Crippen molar-refractivity contribution in [2.75, 3.05) is 18.0 Å². The molecule has 1 amide bonds. The van der Waals surface area contributed by atoms with Gasteiger partial charge in [0.05, 0.1) is 11.9 Å². The Labute approximate surface area is 183 Å². The first kappa shape index (κ1) is 19.6. The minimum Gasteiger partial charge on any atom is -0.356 e. The number of rotatable bonds is 5. The number of nitrogens with zero attached hydrogens (tertiary/aromatic N) is 5. The summed E-state index contributed by atoms with van der Waals surface area (Å²) in [7, 11) is 0. The molecule has 10 heteroatoms. The Bertz CT molecular complexity index is 1150. The van der Waals surface area contributed by atoms with Crippen LogP contribution in [0.4, 0.5) is 5.82 Å². The fraction of sp³-hybridized carbons (Fsp3) is 0.550. The van der Waals surface area contributed by atoms with Gasteiger partial charge in [-0.05, 0) is 57.3 Å². The SMILES string of the molecule is Cc1sc2ncnc(N3CCC(C(=O)NCc4n[nH]c(=S)n4C4CC4)CC3)c2c1C. The molecule has 1 saturated heterocycles. The molecule has 158 valence electrons. The number of piperidine rings is 1. The lowest BCUT2D eigenvalue weighted by molar-refractivity contribution is -0.125. The molecule has 5 rings (SSSR count). The maximum absolute atomic E-state index is 12.8. The highest BCUT2D eigenvalue weighted by atomic mass is 32.1. The van der Waals surface area contributed by atoms with E-state index in [9.17, 15) is 4.79 Å². The molecule has 0 aromatic carbocycles. The van der Waals surface area contributed by atoms with Crippen LogP contribution in [0.2, 0.25) is 0 Å². The Morgan fingerprint density at radius 2 is 2.03 bits per heavy atom. The number of hydrogen-bond donors (Lipinski definition) is 2. The average molecular weight is 444 g/mol. The van der Waals surface area contributed by atoms with Crippen LogP contribution < -0.4 is 10.2 Å². The van der Waals surface area contributed by atoms with E-state index in [2.05, 4.69) is 44.2 Å². The van der Waals surface area contributed by atoms with Gasteiger partial charge in [0.25, 0.3) is 0 Å². The number of fused-ring (bicyclic) bond motifs is 1. The monoisotopic (exact) mass is 443 g/mol. The van der Waals surface area contributed by atoms with Crippen LogP contribution in [0, 0.1) is 24.5 Å². The van der Waals surface area contributed by atoms with Crippen molar-refractivity contribution in [3.05, 3.63) is 27.4 Å². The molecule has 8 nitrogen and oxygen atoms in total. The molecule has 4 heterocycles. The Morgan fingerprint density at radius 1 is 1.27 bits per heavy atom. The van der Waals surface area contributed by atoms with Crippen LogP contribution in [0.3, 0.4) is 0 Å². The summed E-state index contributed by atoms with van der Waals surface area (Å²) in [5.74, 6) is 1.93. The molecule has 1 aliphatic carbocycles. The van der Waals surface area contributed by atoms with Crippen molar-refractivity contribution in [2.45, 2.75) is 52.1 Å². The quantitative estimate of drug-likeness (QED) is 0.587. The molecule has 3 aromatic rings. The van der Waals surface area contributed by atoms with Crippen LogP contribution in [-0.2, 0) is 11.3 Å². The van der Waals surface area contributed by atoms with Crippen molar-refractivity contribution < 1.29 is 4.79 Å². The van der Waals surface area contributed by atoms with Crippen molar-refractivity contribution in [2.24, 2.45) is 5.92 Å². The van der Waals surface area contributed by atoms with E-state index in [1.54, 1.807) is 17.7 Å². The van der Waals surface area contributed by atoms with E-state index in [0.29, 0.717) is 17.4 Å². The lowest BCUT2D eigenvalue weighted by Gasteiger charge is -2.32. The van der Waals surface area contributed by atoms with Gasteiger partial charge in [-0.3, -0.25) is 14.5 Å². The van der Waals surface area contributed by atoms with E-state index in [1.807, 2.05) is 4.57 Å². The highest BCUT2D eigenvalue weighted by molar-refractivity contribution is 7.71. The maximum atomic E-state index is 12.8. The molecule has 1 saturated carbocycles. The minimum atomic E-state index is 0.0141. The molecule has 30 heavy (non-hydrogen) atoms. The standard InChI is InChI=1S/C20H25N7OS2/c1-11-12(2)30-19-16(11)17(22-10-23-19)26-7-5-13(6-8-26)18(28)21-9-15-24-25-20(29)27(15)14-3-4-14/h10,13-14H,3-9H2,1-2H3,(H,21,28)(H,25,29). The van der Waals surface area contributed by atoms with Gasteiger partial charge >= 0.3 is 0 Å². The summed E-state index contributed by atoms with van der Waals surface area (Å²) >= 11 is 7.03. The van der Waals surface area contributed by atoms with Crippen LogP contribution in [-0.4, -0.2) is 43.7 Å². The number of hydrogen-bond acceptors (Lipinski definition) is 7. The molecule has 3 aromatic heterocycles. The van der Waals surface area contributed by atoms with Crippen LogP contribution in [0.1, 0.15) is 48.0 Å². The first-order valence-electron chi connectivity index (χ1n) is 10.4. The first-order valence-corrected chi connectivity index (χ1v) is 11.6.